The van der Waals surface area contributed by atoms with Crippen molar-refractivity contribution < 1.29 is 19.0 Å². The molecule has 6 heteroatoms. The fourth-order valence-electron chi connectivity index (χ4n) is 3.69. The molecule has 0 atom stereocenters. The lowest BCUT2D eigenvalue weighted by atomic mass is 9.96. The van der Waals surface area contributed by atoms with Gasteiger partial charge in [-0.15, -0.1) is 0 Å². The molecular formula is C22H24N2O4. The second-order valence-electron chi connectivity index (χ2n) is 7.47. The number of esters is 1. The molecule has 3 aromatic rings. The van der Waals surface area contributed by atoms with Gasteiger partial charge in [-0.2, -0.15) is 0 Å². The predicted molar refractivity (Wildman–Crippen MR) is 106 cm³/mol. The number of benzene rings is 1. The summed E-state index contributed by atoms with van der Waals surface area (Å²) < 4.78 is 15.8. The Morgan fingerprint density at radius 3 is 2.50 bits per heavy atom. The van der Waals surface area contributed by atoms with Gasteiger partial charge in [-0.1, -0.05) is 13.0 Å². The van der Waals surface area contributed by atoms with Gasteiger partial charge >= 0.3 is 5.97 Å². The average molecular weight is 380 g/mol. The van der Waals surface area contributed by atoms with E-state index >= 15 is 0 Å². The minimum absolute atomic E-state index is 0.148. The minimum Gasteiger partial charge on any atom is -0.493 e. The largest absolute Gasteiger partial charge is 0.493 e. The molecule has 1 aliphatic carbocycles. The van der Waals surface area contributed by atoms with E-state index in [-0.39, 0.29) is 5.41 Å². The number of methoxy groups -OCH3 is 3. The number of aromatic amines is 1. The first-order chi connectivity index (χ1) is 13.5. The molecule has 0 spiro atoms. The number of ether oxygens (including phenoxy) is 3. The van der Waals surface area contributed by atoms with E-state index in [1.165, 1.54) is 18.4 Å². The molecular weight excluding hydrogens is 356 g/mol. The zero-order chi connectivity index (χ0) is 19.9. The first-order valence-corrected chi connectivity index (χ1v) is 9.30. The van der Waals surface area contributed by atoms with Crippen molar-refractivity contribution in [2.45, 2.75) is 31.6 Å². The molecule has 0 amide bonds. The summed E-state index contributed by atoms with van der Waals surface area (Å²) >= 11 is 0. The summed E-state index contributed by atoms with van der Waals surface area (Å²) in [6, 6.07) is 9.43. The van der Waals surface area contributed by atoms with E-state index < -0.39 is 5.97 Å². The molecule has 1 saturated carbocycles. The van der Waals surface area contributed by atoms with Crippen molar-refractivity contribution >= 4 is 16.9 Å². The number of nitrogens with zero attached hydrogens (tertiary/aromatic N) is 1. The van der Waals surface area contributed by atoms with Crippen molar-refractivity contribution in [2.75, 3.05) is 21.3 Å². The maximum absolute atomic E-state index is 11.8. The van der Waals surface area contributed by atoms with Gasteiger partial charge in [-0.05, 0) is 36.6 Å². The molecule has 0 saturated heterocycles. The van der Waals surface area contributed by atoms with Crippen molar-refractivity contribution in [3.63, 3.8) is 0 Å². The molecule has 0 unspecified atom stereocenters. The van der Waals surface area contributed by atoms with Crippen LogP contribution < -0.4 is 9.47 Å². The number of fused-ring (bicyclic) bond motifs is 1. The normalized spacial score (nSPS) is 14.7. The Kier molecular flexibility index (Phi) is 4.49. The van der Waals surface area contributed by atoms with E-state index in [9.17, 15) is 4.79 Å². The maximum Gasteiger partial charge on any atom is 0.356 e. The van der Waals surface area contributed by atoms with Crippen LogP contribution in [-0.2, 0) is 16.6 Å². The first kappa shape index (κ1) is 18.3. The molecule has 4 rings (SSSR count). The van der Waals surface area contributed by atoms with Gasteiger partial charge < -0.3 is 19.2 Å². The van der Waals surface area contributed by atoms with E-state index in [0.29, 0.717) is 23.6 Å². The number of carbonyl (C=O) groups excluding carboxylic acids is 1. The van der Waals surface area contributed by atoms with Crippen molar-refractivity contribution in [3.8, 4) is 11.5 Å². The molecule has 1 fully saturated rings. The maximum atomic E-state index is 11.8. The van der Waals surface area contributed by atoms with Gasteiger partial charge in [0.25, 0.3) is 0 Å². The van der Waals surface area contributed by atoms with Crippen LogP contribution in [0.1, 0.15) is 47.2 Å². The van der Waals surface area contributed by atoms with Crippen molar-refractivity contribution in [2.24, 2.45) is 0 Å². The molecule has 0 bridgehead atoms. The highest BCUT2D eigenvalue weighted by Gasteiger charge is 2.42. The third-order valence-corrected chi connectivity index (χ3v) is 5.57. The lowest BCUT2D eigenvalue weighted by molar-refractivity contribution is 0.0593. The summed E-state index contributed by atoms with van der Waals surface area (Å²) in [7, 11) is 4.64. The third-order valence-electron chi connectivity index (χ3n) is 5.57. The van der Waals surface area contributed by atoms with Crippen molar-refractivity contribution in [1.29, 1.82) is 0 Å². The number of pyridine rings is 1. The number of carbonyl (C=O) groups is 1. The second-order valence-corrected chi connectivity index (χ2v) is 7.47. The monoisotopic (exact) mass is 380 g/mol. The molecule has 2 heterocycles. The molecule has 0 radical (unpaired) electrons. The van der Waals surface area contributed by atoms with E-state index in [0.717, 1.165) is 29.4 Å². The topological polar surface area (TPSA) is 73.4 Å². The summed E-state index contributed by atoms with van der Waals surface area (Å²) in [4.78, 5) is 20.0. The van der Waals surface area contributed by atoms with Crippen molar-refractivity contribution in [3.05, 3.63) is 53.0 Å². The van der Waals surface area contributed by atoms with Crippen LogP contribution >= 0.6 is 0 Å². The molecule has 6 nitrogen and oxygen atoms in total. The Bertz CT molecular complexity index is 1050. The predicted octanol–water partition coefficient (Wildman–Crippen LogP) is 4.01. The van der Waals surface area contributed by atoms with Crippen LogP contribution in [0.25, 0.3) is 10.9 Å². The summed E-state index contributed by atoms with van der Waals surface area (Å²) in [5.41, 5.74) is 4.71. The zero-order valence-corrected chi connectivity index (χ0v) is 16.6. The van der Waals surface area contributed by atoms with Gasteiger partial charge in [0, 0.05) is 40.2 Å². The lowest BCUT2D eigenvalue weighted by Crippen LogP contribution is -2.08. The van der Waals surface area contributed by atoms with E-state index in [1.807, 2.05) is 24.3 Å². The SMILES string of the molecule is COC(=O)c1cccc(Cc2c(C3(C)CC3)[nH]c3cc(OC)c(OC)cc23)n1. The van der Waals surface area contributed by atoms with Crippen LogP contribution in [0.5, 0.6) is 11.5 Å². The first-order valence-electron chi connectivity index (χ1n) is 9.30. The lowest BCUT2D eigenvalue weighted by Gasteiger charge is -2.11. The Labute approximate surface area is 163 Å². The number of hydrogen-bond acceptors (Lipinski definition) is 5. The summed E-state index contributed by atoms with van der Waals surface area (Å²) in [5.74, 6) is 0.960. The number of nitrogens with one attached hydrogen (secondary N) is 1. The van der Waals surface area contributed by atoms with E-state index in [2.05, 4.69) is 16.9 Å². The van der Waals surface area contributed by atoms with Gasteiger partial charge in [0.15, 0.2) is 11.5 Å². The van der Waals surface area contributed by atoms with Crippen LogP contribution in [0.2, 0.25) is 0 Å². The quantitative estimate of drug-likeness (QED) is 0.654. The molecule has 0 aliphatic heterocycles. The highest BCUT2D eigenvalue weighted by atomic mass is 16.5. The Morgan fingerprint density at radius 2 is 1.86 bits per heavy atom. The van der Waals surface area contributed by atoms with Gasteiger partial charge in [0.1, 0.15) is 5.69 Å². The van der Waals surface area contributed by atoms with Crippen LogP contribution in [0.3, 0.4) is 0 Å². The zero-order valence-electron chi connectivity index (χ0n) is 16.6. The summed E-state index contributed by atoms with van der Waals surface area (Å²) in [6.45, 7) is 2.27. The molecule has 28 heavy (non-hydrogen) atoms. The van der Waals surface area contributed by atoms with Crippen LogP contribution in [0, 0.1) is 0 Å². The average Bonchev–Trinajstić information content (AvgIpc) is 3.37. The molecule has 146 valence electrons. The highest BCUT2D eigenvalue weighted by Crippen LogP contribution is 2.50. The number of aromatic nitrogens is 2. The van der Waals surface area contributed by atoms with Gasteiger partial charge in [0.2, 0.25) is 0 Å². The van der Waals surface area contributed by atoms with Crippen LogP contribution in [0.15, 0.2) is 30.3 Å². The highest BCUT2D eigenvalue weighted by molar-refractivity contribution is 5.89. The fourth-order valence-corrected chi connectivity index (χ4v) is 3.69. The van der Waals surface area contributed by atoms with Crippen LogP contribution in [0.4, 0.5) is 0 Å². The van der Waals surface area contributed by atoms with E-state index in [1.54, 1.807) is 20.3 Å². The third kappa shape index (κ3) is 3.09. The van der Waals surface area contributed by atoms with Crippen LogP contribution in [-0.4, -0.2) is 37.3 Å². The summed E-state index contributed by atoms with van der Waals surface area (Å²) in [6.07, 6.45) is 2.92. The van der Waals surface area contributed by atoms with Gasteiger partial charge in [0.05, 0.1) is 21.3 Å². The number of hydrogen-bond donors (Lipinski definition) is 1. The Hall–Kier alpha value is -3.02. The Balaban J connectivity index is 1.84. The van der Waals surface area contributed by atoms with Gasteiger partial charge in [-0.25, -0.2) is 9.78 Å². The Morgan fingerprint density at radius 1 is 1.14 bits per heavy atom. The smallest absolute Gasteiger partial charge is 0.356 e. The molecule has 1 N–H and O–H groups in total. The minimum atomic E-state index is -0.429. The number of rotatable bonds is 6. The molecule has 2 aromatic heterocycles. The van der Waals surface area contributed by atoms with E-state index in [4.69, 9.17) is 14.2 Å². The molecule has 1 aromatic carbocycles. The standard InChI is InChI=1S/C22H24N2O4/c1-22(8-9-22)20-15(10-13-6-5-7-16(23-13)21(25)28-4)14-11-18(26-2)19(27-3)12-17(14)24-20/h5-7,11-12,24H,8-10H2,1-4H3. The molecule has 1 aliphatic rings. The number of H-pyrrole nitrogens is 1. The summed E-state index contributed by atoms with van der Waals surface area (Å²) in [5, 5.41) is 1.09. The van der Waals surface area contributed by atoms with Crippen molar-refractivity contribution in [1.82, 2.24) is 9.97 Å². The fraction of sp³-hybridized carbons (Fsp3) is 0.364. The van der Waals surface area contributed by atoms with Gasteiger partial charge in [-0.3, -0.25) is 0 Å². The second kappa shape index (κ2) is 6.86.